The van der Waals surface area contributed by atoms with Crippen LogP contribution in [0.3, 0.4) is 0 Å². The van der Waals surface area contributed by atoms with Crippen molar-refractivity contribution in [1.29, 1.82) is 0 Å². The van der Waals surface area contributed by atoms with Crippen LogP contribution in [0.5, 0.6) is 0 Å². The van der Waals surface area contributed by atoms with Crippen LogP contribution in [0, 0.1) is 17.5 Å². The lowest BCUT2D eigenvalue weighted by Crippen LogP contribution is -2.53. The Morgan fingerprint density at radius 1 is 1.11 bits per heavy atom. The largest absolute Gasteiger partial charge is 0.387 e. The minimum absolute atomic E-state index is 0.167. The van der Waals surface area contributed by atoms with E-state index in [4.69, 9.17) is 0 Å². The van der Waals surface area contributed by atoms with E-state index in [-0.39, 0.29) is 18.3 Å². The molecule has 0 bridgehead atoms. The van der Waals surface area contributed by atoms with Crippen molar-refractivity contribution in [1.82, 2.24) is 10.2 Å². The van der Waals surface area contributed by atoms with Crippen LogP contribution in [-0.4, -0.2) is 35.5 Å². The van der Waals surface area contributed by atoms with Crippen LogP contribution in [0.15, 0.2) is 42.5 Å². The van der Waals surface area contributed by atoms with Crippen LogP contribution in [0.2, 0.25) is 0 Å². The zero-order chi connectivity index (χ0) is 20.3. The average Bonchev–Trinajstić information content (AvgIpc) is 2.65. The summed E-state index contributed by atoms with van der Waals surface area (Å²) in [7, 11) is 0. The number of amides is 1. The fourth-order valence-corrected chi connectivity index (χ4v) is 3.78. The Morgan fingerprint density at radius 2 is 1.75 bits per heavy atom. The molecule has 2 aromatic carbocycles. The lowest BCUT2D eigenvalue weighted by atomic mass is 9.80. The molecule has 4 nitrogen and oxygen atoms in total. The third kappa shape index (κ3) is 4.54. The number of hydrogen-bond donors (Lipinski definition) is 2. The van der Waals surface area contributed by atoms with Crippen molar-refractivity contribution in [3.63, 3.8) is 0 Å². The Morgan fingerprint density at radius 3 is 2.32 bits per heavy atom. The number of halogens is 3. The molecule has 1 aliphatic rings. The molecule has 2 N–H and O–H groups in total. The summed E-state index contributed by atoms with van der Waals surface area (Å²) in [6.45, 7) is 2.88. The van der Waals surface area contributed by atoms with Gasteiger partial charge in [0, 0.05) is 26.6 Å². The first-order valence-electron chi connectivity index (χ1n) is 9.19. The molecule has 1 fully saturated rings. The molecule has 0 saturated carbocycles. The molecule has 1 atom stereocenters. The van der Waals surface area contributed by atoms with Gasteiger partial charge in [-0.15, -0.1) is 0 Å². The van der Waals surface area contributed by atoms with Gasteiger partial charge in [-0.25, -0.2) is 13.2 Å². The number of hydrogen-bond acceptors (Lipinski definition) is 3. The van der Waals surface area contributed by atoms with E-state index in [1.165, 1.54) is 25.1 Å². The van der Waals surface area contributed by atoms with Crippen molar-refractivity contribution in [2.24, 2.45) is 0 Å². The van der Waals surface area contributed by atoms with Crippen LogP contribution in [0.25, 0.3) is 0 Å². The number of likely N-dealkylation sites (tertiary alicyclic amines) is 1. The van der Waals surface area contributed by atoms with Gasteiger partial charge in [-0.05, 0) is 48.2 Å². The van der Waals surface area contributed by atoms with Gasteiger partial charge in [-0.1, -0.05) is 18.2 Å². The zero-order valence-corrected chi connectivity index (χ0v) is 15.6. The standard InChI is InChI=1S/C21H23F3N2O2/c1-14(27)25-21(16-3-5-17(22)6-4-16)8-10-26(11-9-21)13-20(28)15-2-7-18(23)19(24)12-15/h2-7,12,20,28H,8-11,13H2,1H3,(H,25,27)/t20-/m1/s1. The van der Waals surface area contributed by atoms with Crippen LogP contribution in [0.1, 0.15) is 37.0 Å². The van der Waals surface area contributed by atoms with Crippen molar-refractivity contribution in [2.45, 2.75) is 31.4 Å². The predicted molar refractivity (Wildman–Crippen MR) is 98.9 cm³/mol. The molecule has 28 heavy (non-hydrogen) atoms. The van der Waals surface area contributed by atoms with E-state index in [1.807, 2.05) is 4.90 Å². The van der Waals surface area contributed by atoms with Crippen molar-refractivity contribution < 1.29 is 23.1 Å². The highest BCUT2D eigenvalue weighted by molar-refractivity contribution is 5.74. The Balaban J connectivity index is 1.69. The van der Waals surface area contributed by atoms with Gasteiger partial charge in [0.1, 0.15) is 5.82 Å². The number of benzene rings is 2. The minimum Gasteiger partial charge on any atom is -0.387 e. The fourth-order valence-electron chi connectivity index (χ4n) is 3.78. The van der Waals surface area contributed by atoms with Gasteiger partial charge in [-0.3, -0.25) is 4.79 Å². The molecule has 1 amide bonds. The summed E-state index contributed by atoms with van der Waals surface area (Å²) < 4.78 is 39.7. The summed E-state index contributed by atoms with van der Waals surface area (Å²) >= 11 is 0. The van der Waals surface area contributed by atoms with Crippen LogP contribution in [-0.2, 0) is 10.3 Å². The molecule has 150 valence electrons. The molecule has 2 aromatic rings. The van der Waals surface area contributed by atoms with Crippen molar-refractivity contribution in [2.75, 3.05) is 19.6 Å². The molecule has 0 radical (unpaired) electrons. The van der Waals surface area contributed by atoms with Gasteiger partial charge in [-0.2, -0.15) is 0 Å². The lowest BCUT2D eigenvalue weighted by Gasteiger charge is -2.43. The average molecular weight is 392 g/mol. The molecule has 0 unspecified atom stereocenters. The monoisotopic (exact) mass is 392 g/mol. The van der Waals surface area contributed by atoms with Crippen LogP contribution in [0.4, 0.5) is 13.2 Å². The molecule has 0 aliphatic carbocycles. The Kier molecular flexibility index (Phi) is 6.05. The number of carbonyl (C=O) groups is 1. The highest BCUT2D eigenvalue weighted by Gasteiger charge is 2.37. The molecular weight excluding hydrogens is 369 g/mol. The summed E-state index contributed by atoms with van der Waals surface area (Å²) in [6, 6.07) is 9.47. The second-order valence-corrected chi connectivity index (χ2v) is 7.26. The molecule has 1 heterocycles. The molecule has 3 rings (SSSR count). The number of piperidine rings is 1. The molecule has 0 aromatic heterocycles. The number of nitrogens with one attached hydrogen (secondary N) is 1. The number of aliphatic hydroxyl groups excluding tert-OH is 1. The molecule has 0 spiro atoms. The minimum atomic E-state index is -0.990. The van der Waals surface area contributed by atoms with E-state index >= 15 is 0 Å². The summed E-state index contributed by atoms with van der Waals surface area (Å²) in [5.74, 6) is -2.45. The molecular formula is C21H23F3N2O2. The van der Waals surface area contributed by atoms with E-state index in [0.717, 1.165) is 17.7 Å². The number of β-amino-alcohol motifs (C(OH)–C–C–N with tert-alkyl or cyclic N) is 1. The number of nitrogens with zero attached hydrogens (tertiary/aromatic N) is 1. The van der Waals surface area contributed by atoms with Gasteiger partial charge in [0.05, 0.1) is 11.6 Å². The summed E-state index contributed by atoms with van der Waals surface area (Å²) in [5, 5.41) is 13.4. The smallest absolute Gasteiger partial charge is 0.217 e. The number of rotatable bonds is 5. The molecule has 1 aliphatic heterocycles. The van der Waals surface area contributed by atoms with Gasteiger partial charge in [0.25, 0.3) is 0 Å². The number of carbonyl (C=O) groups excluding carboxylic acids is 1. The van der Waals surface area contributed by atoms with Gasteiger partial charge in [0.15, 0.2) is 11.6 Å². The first-order chi connectivity index (χ1) is 13.3. The topological polar surface area (TPSA) is 52.6 Å². The van der Waals surface area contributed by atoms with Gasteiger partial charge >= 0.3 is 0 Å². The van der Waals surface area contributed by atoms with Crippen LogP contribution >= 0.6 is 0 Å². The van der Waals surface area contributed by atoms with E-state index in [2.05, 4.69) is 5.32 Å². The third-order valence-corrected chi connectivity index (χ3v) is 5.28. The molecule has 7 heteroatoms. The third-order valence-electron chi connectivity index (χ3n) is 5.28. The Labute approximate surface area is 162 Å². The van der Waals surface area contributed by atoms with Crippen LogP contribution < -0.4 is 5.32 Å². The fraction of sp³-hybridized carbons (Fsp3) is 0.381. The van der Waals surface area contributed by atoms with Crippen molar-refractivity contribution in [3.8, 4) is 0 Å². The summed E-state index contributed by atoms with van der Waals surface area (Å²) in [5.41, 5.74) is 0.559. The maximum atomic E-state index is 13.4. The Hall–Kier alpha value is -2.38. The Bertz CT molecular complexity index is 834. The highest BCUT2D eigenvalue weighted by Crippen LogP contribution is 2.34. The number of aliphatic hydroxyl groups is 1. The normalized spacial score (nSPS) is 17.9. The SMILES string of the molecule is CC(=O)NC1(c2ccc(F)cc2)CCN(C[C@@H](O)c2ccc(F)c(F)c2)CC1. The van der Waals surface area contributed by atoms with E-state index in [9.17, 15) is 23.1 Å². The molecule has 1 saturated heterocycles. The highest BCUT2D eigenvalue weighted by atomic mass is 19.2. The quantitative estimate of drug-likeness (QED) is 0.821. The zero-order valence-electron chi connectivity index (χ0n) is 15.6. The van der Waals surface area contributed by atoms with Gasteiger partial charge < -0.3 is 15.3 Å². The lowest BCUT2D eigenvalue weighted by molar-refractivity contribution is -0.121. The first-order valence-corrected chi connectivity index (χ1v) is 9.19. The maximum Gasteiger partial charge on any atom is 0.217 e. The van der Waals surface area contributed by atoms with Crippen molar-refractivity contribution >= 4 is 5.91 Å². The summed E-state index contributed by atoms with van der Waals surface area (Å²) in [6.07, 6.45) is 0.222. The van der Waals surface area contributed by atoms with Crippen molar-refractivity contribution in [3.05, 3.63) is 71.0 Å². The van der Waals surface area contributed by atoms with E-state index < -0.39 is 23.3 Å². The predicted octanol–water partition coefficient (Wildman–Crippen LogP) is 3.26. The van der Waals surface area contributed by atoms with E-state index in [0.29, 0.717) is 31.5 Å². The maximum absolute atomic E-state index is 13.4. The van der Waals surface area contributed by atoms with Gasteiger partial charge in [0.2, 0.25) is 5.91 Å². The second-order valence-electron chi connectivity index (χ2n) is 7.26. The summed E-state index contributed by atoms with van der Waals surface area (Å²) in [4.78, 5) is 13.8. The second kappa shape index (κ2) is 8.32. The van der Waals surface area contributed by atoms with E-state index in [1.54, 1.807) is 12.1 Å². The first kappa shape index (κ1) is 20.4.